The summed E-state index contributed by atoms with van der Waals surface area (Å²) in [5.41, 5.74) is 6.39. The van der Waals surface area contributed by atoms with E-state index in [2.05, 4.69) is 12.2 Å². The van der Waals surface area contributed by atoms with Gasteiger partial charge in [-0.15, -0.1) is 0 Å². The standard InChI is InChI=1S/C11H17ClN2O/c1-8(5-6-13)14-10-7-9(12)3-4-11(10)15-2/h3-4,7-8,14H,5-6,13H2,1-2H3. The molecule has 0 radical (unpaired) electrons. The van der Waals surface area contributed by atoms with E-state index in [4.69, 9.17) is 22.1 Å². The van der Waals surface area contributed by atoms with Crippen LogP contribution in [0.3, 0.4) is 0 Å². The SMILES string of the molecule is COc1ccc(Cl)cc1NC(C)CCN. The molecule has 1 atom stereocenters. The second kappa shape index (κ2) is 5.83. The van der Waals surface area contributed by atoms with Gasteiger partial charge in [0.1, 0.15) is 5.75 Å². The Balaban J connectivity index is 2.77. The van der Waals surface area contributed by atoms with E-state index in [0.717, 1.165) is 17.9 Å². The number of anilines is 1. The van der Waals surface area contributed by atoms with Gasteiger partial charge in [0, 0.05) is 11.1 Å². The molecule has 4 heteroatoms. The van der Waals surface area contributed by atoms with Gasteiger partial charge < -0.3 is 15.8 Å². The highest BCUT2D eigenvalue weighted by Gasteiger charge is 2.06. The Hall–Kier alpha value is -0.930. The lowest BCUT2D eigenvalue weighted by Gasteiger charge is -2.16. The molecule has 0 aromatic heterocycles. The van der Waals surface area contributed by atoms with E-state index in [1.165, 1.54) is 0 Å². The molecule has 0 heterocycles. The maximum atomic E-state index is 5.91. The van der Waals surface area contributed by atoms with Gasteiger partial charge in [-0.1, -0.05) is 11.6 Å². The summed E-state index contributed by atoms with van der Waals surface area (Å²) in [5, 5.41) is 4.01. The van der Waals surface area contributed by atoms with Crippen molar-refractivity contribution in [1.82, 2.24) is 0 Å². The van der Waals surface area contributed by atoms with Crippen LogP contribution < -0.4 is 15.8 Å². The topological polar surface area (TPSA) is 47.3 Å². The number of nitrogens with one attached hydrogen (secondary N) is 1. The third-order valence-corrected chi connectivity index (χ3v) is 2.40. The van der Waals surface area contributed by atoms with Gasteiger partial charge in [-0.05, 0) is 38.1 Å². The van der Waals surface area contributed by atoms with Crippen LogP contribution in [0.25, 0.3) is 0 Å². The average Bonchev–Trinajstić information content (AvgIpc) is 2.18. The van der Waals surface area contributed by atoms with Gasteiger partial charge in [0.25, 0.3) is 0 Å². The number of halogens is 1. The zero-order valence-corrected chi connectivity index (χ0v) is 9.84. The van der Waals surface area contributed by atoms with Crippen LogP contribution in [-0.2, 0) is 0 Å². The molecule has 15 heavy (non-hydrogen) atoms. The third kappa shape index (κ3) is 3.61. The summed E-state index contributed by atoms with van der Waals surface area (Å²) >= 11 is 5.91. The molecule has 0 fully saturated rings. The molecule has 1 rings (SSSR count). The molecule has 0 aliphatic carbocycles. The van der Waals surface area contributed by atoms with E-state index in [0.29, 0.717) is 17.6 Å². The molecule has 1 unspecified atom stereocenters. The van der Waals surface area contributed by atoms with Crippen LogP contribution in [0.4, 0.5) is 5.69 Å². The lowest BCUT2D eigenvalue weighted by Crippen LogP contribution is -2.19. The van der Waals surface area contributed by atoms with Crippen LogP contribution in [0.15, 0.2) is 18.2 Å². The van der Waals surface area contributed by atoms with Crippen molar-refractivity contribution in [2.24, 2.45) is 5.73 Å². The number of benzene rings is 1. The van der Waals surface area contributed by atoms with E-state index < -0.39 is 0 Å². The van der Waals surface area contributed by atoms with Crippen molar-refractivity contribution in [3.8, 4) is 5.75 Å². The molecule has 3 N–H and O–H groups in total. The van der Waals surface area contributed by atoms with Gasteiger partial charge in [-0.25, -0.2) is 0 Å². The first-order valence-electron chi connectivity index (χ1n) is 4.97. The smallest absolute Gasteiger partial charge is 0.142 e. The Kier molecular flexibility index (Phi) is 4.72. The fourth-order valence-electron chi connectivity index (χ4n) is 1.38. The van der Waals surface area contributed by atoms with Gasteiger partial charge in [0.2, 0.25) is 0 Å². The van der Waals surface area contributed by atoms with Gasteiger partial charge >= 0.3 is 0 Å². The summed E-state index contributed by atoms with van der Waals surface area (Å²) in [7, 11) is 1.64. The van der Waals surface area contributed by atoms with Crippen molar-refractivity contribution >= 4 is 17.3 Å². The van der Waals surface area contributed by atoms with Crippen LogP contribution in [-0.4, -0.2) is 19.7 Å². The zero-order chi connectivity index (χ0) is 11.3. The molecular formula is C11H17ClN2O. The largest absolute Gasteiger partial charge is 0.495 e. The Bertz CT molecular complexity index is 317. The molecule has 1 aromatic carbocycles. The van der Waals surface area contributed by atoms with E-state index in [1.807, 2.05) is 12.1 Å². The summed E-state index contributed by atoms with van der Waals surface area (Å²) in [6.07, 6.45) is 0.912. The molecule has 3 nitrogen and oxygen atoms in total. The van der Waals surface area contributed by atoms with Gasteiger partial charge in [0.15, 0.2) is 0 Å². The van der Waals surface area contributed by atoms with Crippen molar-refractivity contribution in [2.45, 2.75) is 19.4 Å². The fourth-order valence-corrected chi connectivity index (χ4v) is 1.55. The van der Waals surface area contributed by atoms with Gasteiger partial charge in [0.05, 0.1) is 12.8 Å². The van der Waals surface area contributed by atoms with Crippen molar-refractivity contribution in [1.29, 1.82) is 0 Å². The van der Waals surface area contributed by atoms with E-state index in [1.54, 1.807) is 13.2 Å². The number of hydrogen-bond donors (Lipinski definition) is 2. The van der Waals surface area contributed by atoms with Crippen molar-refractivity contribution < 1.29 is 4.74 Å². The number of methoxy groups -OCH3 is 1. The van der Waals surface area contributed by atoms with Crippen LogP contribution in [0.2, 0.25) is 5.02 Å². The lowest BCUT2D eigenvalue weighted by molar-refractivity contribution is 0.416. The highest BCUT2D eigenvalue weighted by Crippen LogP contribution is 2.28. The highest BCUT2D eigenvalue weighted by atomic mass is 35.5. The number of nitrogens with two attached hydrogens (primary N) is 1. The maximum absolute atomic E-state index is 5.91. The monoisotopic (exact) mass is 228 g/mol. The van der Waals surface area contributed by atoms with Gasteiger partial charge in [-0.3, -0.25) is 0 Å². The van der Waals surface area contributed by atoms with Gasteiger partial charge in [-0.2, -0.15) is 0 Å². The molecule has 0 aliphatic rings. The molecule has 0 spiro atoms. The average molecular weight is 229 g/mol. The van der Waals surface area contributed by atoms with Crippen LogP contribution in [0.5, 0.6) is 5.75 Å². The Labute approximate surface area is 95.6 Å². The lowest BCUT2D eigenvalue weighted by atomic mass is 10.2. The molecule has 1 aromatic rings. The van der Waals surface area contributed by atoms with E-state index >= 15 is 0 Å². The van der Waals surface area contributed by atoms with Crippen molar-refractivity contribution in [3.63, 3.8) is 0 Å². The predicted octanol–water partition coefficient (Wildman–Crippen LogP) is 2.50. The summed E-state index contributed by atoms with van der Waals surface area (Å²) in [6, 6.07) is 5.81. The minimum Gasteiger partial charge on any atom is -0.495 e. The maximum Gasteiger partial charge on any atom is 0.142 e. The molecule has 0 aliphatic heterocycles. The van der Waals surface area contributed by atoms with Crippen LogP contribution in [0.1, 0.15) is 13.3 Å². The first-order chi connectivity index (χ1) is 7.17. The number of rotatable bonds is 5. The minimum absolute atomic E-state index is 0.308. The summed E-state index contributed by atoms with van der Waals surface area (Å²) in [6.45, 7) is 2.74. The highest BCUT2D eigenvalue weighted by molar-refractivity contribution is 6.30. The van der Waals surface area contributed by atoms with Crippen molar-refractivity contribution in [2.75, 3.05) is 19.0 Å². The summed E-state index contributed by atoms with van der Waals surface area (Å²) in [4.78, 5) is 0. The zero-order valence-electron chi connectivity index (χ0n) is 9.09. The summed E-state index contributed by atoms with van der Waals surface area (Å²) < 4.78 is 5.23. The quantitative estimate of drug-likeness (QED) is 0.814. The molecule has 0 amide bonds. The second-order valence-electron chi connectivity index (χ2n) is 3.47. The minimum atomic E-state index is 0.308. The fraction of sp³-hybridized carbons (Fsp3) is 0.455. The normalized spacial score (nSPS) is 12.3. The second-order valence-corrected chi connectivity index (χ2v) is 3.90. The van der Waals surface area contributed by atoms with E-state index in [9.17, 15) is 0 Å². The first kappa shape index (κ1) is 12.1. The van der Waals surface area contributed by atoms with E-state index in [-0.39, 0.29) is 0 Å². The van der Waals surface area contributed by atoms with Crippen LogP contribution >= 0.6 is 11.6 Å². The Morgan fingerprint density at radius 3 is 2.87 bits per heavy atom. The number of ether oxygens (including phenoxy) is 1. The molecule has 0 saturated heterocycles. The summed E-state index contributed by atoms with van der Waals surface area (Å²) in [5.74, 6) is 0.795. The Morgan fingerprint density at radius 1 is 1.53 bits per heavy atom. The molecule has 0 saturated carbocycles. The van der Waals surface area contributed by atoms with Crippen LogP contribution in [0, 0.1) is 0 Å². The third-order valence-electron chi connectivity index (χ3n) is 2.16. The number of hydrogen-bond acceptors (Lipinski definition) is 3. The molecule has 84 valence electrons. The molecular weight excluding hydrogens is 212 g/mol. The Morgan fingerprint density at radius 2 is 2.27 bits per heavy atom. The van der Waals surface area contributed by atoms with Crippen molar-refractivity contribution in [3.05, 3.63) is 23.2 Å². The molecule has 0 bridgehead atoms. The predicted molar refractivity (Wildman–Crippen MR) is 64.8 cm³/mol. The first-order valence-corrected chi connectivity index (χ1v) is 5.35.